The normalized spacial score (nSPS) is 11.8. The molecule has 0 heterocycles. The Morgan fingerprint density at radius 3 is 2.40 bits per heavy atom. The van der Waals surface area contributed by atoms with Gasteiger partial charge in [0.15, 0.2) is 6.04 Å². The fraction of sp³-hybridized carbons (Fsp3) is 0.429. The van der Waals surface area contributed by atoms with Crippen LogP contribution in [0.4, 0.5) is 10.5 Å². The summed E-state index contributed by atoms with van der Waals surface area (Å²) in [4.78, 5) is 24.3. The number of hydrogen-bond donors (Lipinski definition) is 2. The van der Waals surface area contributed by atoms with Crippen molar-refractivity contribution in [1.82, 2.24) is 5.32 Å². The molecule has 0 aromatic heterocycles. The number of nitrogens with zero attached hydrogens (tertiary/aromatic N) is 1. The zero-order chi connectivity index (χ0) is 15.1. The van der Waals surface area contributed by atoms with Crippen LogP contribution in [-0.2, 0) is 16.0 Å². The van der Waals surface area contributed by atoms with Crippen LogP contribution < -0.4 is 10.2 Å². The third kappa shape index (κ3) is 4.24. The van der Waals surface area contributed by atoms with Gasteiger partial charge < -0.3 is 15.2 Å². The predicted molar refractivity (Wildman–Crippen MR) is 76.1 cm³/mol. The lowest BCUT2D eigenvalue weighted by atomic mass is 10.1. The number of benzene rings is 1. The Balaban J connectivity index is 2.71. The molecule has 110 valence electrons. The summed E-state index contributed by atoms with van der Waals surface area (Å²) in [7, 11) is 2.97. The van der Waals surface area contributed by atoms with Crippen LogP contribution in [0.2, 0.25) is 0 Å². The lowest BCUT2D eigenvalue weighted by Crippen LogP contribution is -2.48. The van der Waals surface area contributed by atoms with Crippen molar-refractivity contribution in [2.24, 2.45) is 0 Å². The van der Waals surface area contributed by atoms with Crippen LogP contribution in [0.1, 0.15) is 12.5 Å². The van der Waals surface area contributed by atoms with Gasteiger partial charge in [0.2, 0.25) is 0 Å². The van der Waals surface area contributed by atoms with E-state index in [9.17, 15) is 9.59 Å². The van der Waals surface area contributed by atoms with E-state index < -0.39 is 18.0 Å². The molecule has 0 aliphatic rings. The van der Waals surface area contributed by atoms with Crippen LogP contribution in [0.5, 0.6) is 0 Å². The Labute approximate surface area is 118 Å². The molecule has 1 atom stereocenters. The molecule has 6 nitrogen and oxygen atoms in total. The fourth-order valence-corrected chi connectivity index (χ4v) is 1.66. The second kappa shape index (κ2) is 7.49. The Hall–Kier alpha value is -2.08. The highest BCUT2D eigenvalue weighted by Crippen LogP contribution is 2.14. The lowest BCUT2D eigenvalue weighted by Gasteiger charge is -2.21. The quantitative estimate of drug-likeness (QED) is 0.827. The first kappa shape index (κ1) is 16.0. The number of aryl methyl sites for hydroxylation is 1. The molecule has 1 aromatic rings. The van der Waals surface area contributed by atoms with E-state index in [1.54, 1.807) is 7.05 Å². The van der Waals surface area contributed by atoms with E-state index in [-0.39, 0.29) is 6.61 Å². The van der Waals surface area contributed by atoms with Crippen LogP contribution in [0.15, 0.2) is 24.3 Å². The van der Waals surface area contributed by atoms with Crippen LogP contribution in [0.25, 0.3) is 0 Å². The zero-order valence-electron chi connectivity index (χ0n) is 11.9. The van der Waals surface area contributed by atoms with Crippen molar-refractivity contribution in [3.63, 3.8) is 0 Å². The summed E-state index contributed by atoms with van der Waals surface area (Å²) in [6, 6.07) is 5.96. The van der Waals surface area contributed by atoms with Crippen molar-refractivity contribution < 1.29 is 19.4 Å². The van der Waals surface area contributed by atoms with Gasteiger partial charge in [0, 0.05) is 19.8 Å². The van der Waals surface area contributed by atoms with E-state index in [0.717, 1.165) is 6.42 Å². The summed E-state index contributed by atoms with van der Waals surface area (Å²) >= 11 is 0. The molecule has 0 bridgehead atoms. The van der Waals surface area contributed by atoms with E-state index in [1.165, 1.54) is 17.6 Å². The summed E-state index contributed by atoms with van der Waals surface area (Å²) in [5, 5.41) is 11.4. The number of ether oxygens (including phenoxy) is 1. The highest BCUT2D eigenvalue weighted by molar-refractivity contribution is 5.94. The molecule has 0 saturated carbocycles. The van der Waals surface area contributed by atoms with Gasteiger partial charge in [0.1, 0.15) is 0 Å². The molecule has 6 heteroatoms. The van der Waals surface area contributed by atoms with Gasteiger partial charge in [0.05, 0.1) is 6.61 Å². The number of rotatable bonds is 6. The predicted octanol–water partition coefficient (Wildman–Crippen LogP) is 1.49. The van der Waals surface area contributed by atoms with Gasteiger partial charge in [-0.25, -0.2) is 9.59 Å². The summed E-state index contributed by atoms with van der Waals surface area (Å²) in [6.45, 7) is 1.97. The first-order valence-electron chi connectivity index (χ1n) is 6.34. The van der Waals surface area contributed by atoms with E-state index in [4.69, 9.17) is 9.84 Å². The number of urea groups is 1. The molecule has 0 fully saturated rings. The molecule has 0 spiro atoms. The standard InChI is InChI=1S/C14H20N2O4/c1-4-10-5-7-11(8-6-10)16(2)14(19)15-12(9-20-3)13(17)18/h5-8,12H,4,9H2,1-3H3,(H,15,19)(H,17,18). The molecule has 0 saturated heterocycles. The van der Waals surface area contributed by atoms with Crippen LogP contribution in [0, 0.1) is 0 Å². The number of carboxylic acid groups (broad SMARTS) is 1. The highest BCUT2D eigenvalue weighted by atomic mass is 16.5. The third-order valence-electron chi connectivity index (χ3n) is 2.97. The Morgan fingerprint density at radius 1 is 1.35 bits per heavy atom. The van der Waals surface area contributed by atoms with Gasteiger partial charge in [0.25, 0.3) is 0 Å². The zero-order valence-corrected chi connectivity index (χ0v) is 11.9. The average Bonchev–Trinajstić information content (AvgIpc) is 2.45. The number of carbonyl (C=O) groups is 2. The molecule has 20 heavy (non-hydrogen) atoms. The van der Waals surface area contributed by atoms with Gasteiger partial charge in [-0.05, 0) is 24.1 Å². The number of carboxylic acids is 1. The minimum atomic E-state index is -1.13. The molecular weight excluding hydrogens is 260 g/mol. The van der Waals surface area contributed by atoms with E-state index in [2.05, 4.69) is 5.32 Å². The van der Waals surface area contributed by atoms with Crippen LogP contribution in [0.3, 0.4) is 0 Å². The topological polar surface area (TPSA) is 78.9 Å². The Bertz CT molecular complexity index is 459. The monoisotopic (exact) mass is 280 g/mol. The summed E-state index contributed by atoms with van der Waals surface area (Å²) in [6.07, 6.45) is 0.922. The smallest absolute Gasteiger partial charge is 0.328 e. The number of anilines is 1. The molecule has 1 aromatic carbocycles. The minimum absolute atomic E-state index is 0.0797. The van der Waals surface area contributed by atoms with Crippen molar-refractivity contribution >= 4 is 17.7 Å². The number of nitrogens with one attached hydrogen (secondary N) is 1. The minimum Gasteiger partial charge on any atom is -0.480 e. The number of carbonyl (C=O) groups excluding carboxylic acids is 1. The molecule has 1 unspecified atom stereocenters. The Kier molecular flexibility index (Phi) is 5.99. The maximum Gasteiger partial charge on any atom is 0.328 e. The summed E-state index contributed by atoms with van der Waals surface area (Å²) in [5.41, 5.74) is 1.87. The number of amides is 2. The molecule has 0 aliphatic heterocycles. The highest BCUT2D eigenvalue weighted by Gasteiger charge is 2.22. The molecule has 1 rings (SSSR count). The summed E-state index contributed by atoms with van der Waals surface area (Å²) < 4.78 is 4.77. The number of methoxy groups -OCH3 is 1. The fourth-order valence-electron chi connectivity index (χ4n) is 1.66. The molecule has 2 N–H and O–H groups in total. The number of aliphatic carboxylic acids is 1. The van der Waals surface area contributed by atoms with E-state index in [0.29, 0.717) is 5.69 Å². The molecule has 0 aliphatic carbocycles. The average molecular weight is 280 g/mol. The molecular formula is C14H20N2O4. The molecule has 2 amide bonds. The number of hydrogen-bond acceptors (Lipinski definition) is 3. The van der Waals surface area contributed by atoms with Crippen LogP contribution in [-0.4, -0.2) is 43.9 Å². The van der Waals surface area contributed by atoms with Gasteiger partial charge in [-0.2, -0.15) is 0 Å². The van der Waals surface area contributed by atoms with Crippen molar-refractivity contribution in [3.05, 3.63) is 29.8 Å². The van der Waals surface area contributed by atoms with Crippen molar-refractivity contribution in [2.75, 3.05) is 25.7 Å². The molecule has 0 radical (unpaired) electrons. The van der Waals surface area contributed by atoms with Crippen molar-refractivity contribution in [2.45, 2.75) is 19.4 Å². The van der Waals surface area contributed by atoms with Gasteiger partial charge in [-0.15, -0.1) is 0 Å². The largest absolute Gasteiger partial charge is 0.480 e. The second-order valence-electron chi connectivity index (χ2n) is 4.37. The second-order valence-corrected chi connectivity index (χ2v) is 4.37. The Morgan fingerprint density at radius 2 is 1.95 bits per heavy atom. The van der Waals surface area contributed by atoms with Crippen molar-refractivity contribution in [1.29, 1.82) is 0 Å². The van der Waals surface area contributed by atoms with Crippen LogP contribution >= 0.6 is 0 Å². The maximum atomic E-state index is 12.0. The van der Waals surface area contributed by atoms with Gasteiger partial charge in [-0.3, -0.25) is 4.90 Å². The maximum absolute atomic E-state index is 12.0. The first-order chi connectivity index (χ1) is 9.49. The third-order valence-corrected chi connectivity index (χ3v) is 2.97. The first-order valence-corrected chi connectivity index (χ1v) is 6.34. The van der Waals surface area contributed by atoms with Gasteiger partial charge >= 0.3 is 12.0 Å². The SMILES string of the molecule is CCc1ccc(N(C)C(=O)NC(COC)C(=O)O)cc1. The van der Waals surface area contributed by atoms with E-state index >= 15 is 0 Å². The van der Waals surface area contributed by atoms with E-state index in [1.807, 2.05) is 31.2 Å². The summed E-state index contributed by atoms with van der Waals surface area (Å²) in [5.74, 6) is -1.13. The van der Waals surface area contributed by atoms with Gasteiger partial charge in [-0.1, -0.05) is 19.1 Å². The lowest BCUT2D eigenvalue weighted by molar-refractivity contribution is -0.140. The van der Waals surface area contributed by atoms with Crippen molar-refractivity contribution in [3.8, 4) is 0 Å².